The van der Waals surface area contributed by atoms with Crippen molar-refractivity contribution in [3.05, 3.63) is 66.0 Å². The molecule has 0 bridgehead atoms. The van der Waals surface area contributed by atoms with Gasteiger partial charge in [0.1, 0.15) is 5.58 Å². The number of para-hydroxylation sites is 1. The minimum Gasteiger partial charge on any atom is -0.437 e. The molecule has 2 aromatic heterocycles. The van der Waals surface area contributed by atoms with Crippen molar-refractivity contribution in [3.8, 4) is 0 Å². The molecule has 0 amide bonds. The molecule has 1 unspecified atom stereocenters. The van der Waals surface area contributed by atoms with E-state index in [1.807, 2.05) is 42.6 Å². The topological polar surface area (TPSA) is 38.1 Å². The zero-order valence-corrected chi connectivity index (χ0v) is 10.6. The van der Waals surface area contributed by atoms with Crippen molar-refractivity contribution in [3.63, 3.8) is 0 Å². The summed E-state index contributed by atoms with van der Waals surface area (Å²) in [7, 11) is 0. The first kappa shape index (κ1) is 8.59. The number of pyridine rings is 1. The van der Waals surface area contributed by atoms with Crippen molar-refractivity contribution in [1.29, 1.82) is 0 Å². The molecule has 1 aliphatic heterocycles. The average molecular weight is 265 g/mol. The Morgan fingerprint density at radius 3 is 3.05 bits per heavy atom. The Labute approximate surface area is 120 Å². The summed E-state index contributed by atoms with van der Waals surface area (Å²) in [6.07, 6.45) is 7.84. The average Bonchev–Trinajstić information content (AvgIpc) is 2.92. The Balaban J connectivity index is 1.94. The molecular weight excluding hydrogens is 248 g/mol. The number of hydrogen-bond acceptors (Lipinski definition) is 3. The van der Waals surface area contributed by atoms with E-state index in [0.29, 0.717) is 5.71 Å². The monoisotopic (exact) mass is 265 g/mol. The first-order chi connectivity index (χ1) is 11.0. The minimum absolute atomic E-state index is 0.0198. The van der Waals surface area contributed by atoms with Gasteiger partial charge in [-0.25, -0.2) is 4.98 Å². The highest BCUT2D eigenvalue weighted by Gasteiger charge is 2.16. The number of allylic oxidation sites excluding steroid dienone is 2. The smallest absolute Gasteiger partial charge is 0.227 e. The second-order valence-corrected chi connectivity index (χ2v) is 4.76. The molecule has 3 nitrogen and oxygen atoms in total. The van der Waals surface area contributed by atoms with Gasteiger partial charge in [-0.05, 0) is 31.3 Å². The van der Waals surface area contributed by atoms with Gasteiger partial charge in [-0.2, -0.15) is 0 Å². The lowest BCUT2D eigenvalue weighted by molar-refractivity contribution is 0.635. The Morgan fingerprint density at radius 2 is 2.20 bits per heavy atom. The number of fused-ring (bicyclic) bond motifs is 3. The lowest BCUT2D eigenvalue weighted by atomic mass is 10.0. The highest BCUT2D eigenvalue weighted by atomic mass is 16.3. The van der Waals surface area contributed by atoms with E-state index in [1.54, 1.807) is 12.1 Å². The van der Waals surface area contributed by atoms with Crippen LogP contribution < -0.4 is 5.32 Å². The standard InChI is InChI=1S/C17H14N2O/c1-11-8-9-13-12-5-4-6-14(15-7-2-3-10-18-15)16(12)20-17(13)19-11/h2-10,15,18H,1H3/i1D3. The van der Waals surface area contributed by atoms with Crippen molar-refractivity contribution in [2.24, 2.45) is 0 Å². The SMILES string of the molecule is [2H]C([2H])([2H])c1ccc2c(n1)oc1c(C3C=CC=CN3)cccc12. The van der Waals surface area contributed by atoms with Crippen molar-refractivity contribution in [2.45, 2.75) is 12.9 Å². The molecule has 3 heterocycles. The highest BCUT2D eigenvalue weighted by Crippen LogP contribution is 2.33. The first-order valence-electron chi connectivity index (χ1n) is 7.96. The number of benzene rings is 1. The van der Waals surface area contributed by atoms with Crippen LogP contribution in [0.2, 0.25) is 0 Å². The summed E-state index contributed by atoms with van der Waals surface area (Å²) in [5.74, 6) is 0. The molecule has 0 saturated carbocycles. The van der Waals surface area contributed by atoms with Crippen LogP contribution in [0.5, 0.6) is 0 Å². The van der Waals surface area contributed by atoms with Crippen LogP contribution in [0.4, 0.5) is 0 Å². The van der Waals surface area contributed by atoms with Crippen LogP contribution in [0.25, 0.3) is 22.1 Å². The van der Waals surface area contributed by atoms with Gasteiger partial charge >= 0.3 is 0 Å². The molecule has 0 radical (unpaired) electrons. The Bertz CT molecular complexity index is 954. The van der Waals surface area contributed by atoms with E-state index in [2.05, 4.69) is 10.3 Å². The van der Waals surface area contributed by atoms with E-state index < -0.39 is 6.85 Å². The van der Waals surface area contributed by atoms with Gasteiger partial charge in [0.25, 0.3) is 0 Å². The van der Waals surface area contributed by atoms with Crippen LogP contribution in [0.1, 0.15) is 21.4 Å². The maximum Gasteiger partial charge on any atom is 0.227 e. The molecule has 1 atom stereocenters. The second-order valence-electron chi connectivity index (χ2n) is 4.76. The second kappa shape index (κ2) is 4.23. The first-order valence-corrected chi connectivity index (χ1v) is 6.46. The quantitative estimate of drug-likeness (QED) is 0.722. The van der Waals surface area contributed by atoms with Crippen molar-refractivity contribution < 1.29 is 8.53 Å². The van der Waals surface area contributed by atoms with E-state index in [-0.39, 0.29) is 11.7 Å². The number of furan rings is 1. The number of dihydropyridines is 1. The van der Waals surface area contributed by atoms with Gasteiger partial charge in [-0.1, -0.05) is 30.4 Å². The normalized spacial score (nSPS) is 20.6. The van der Waals surface area contributed by atoms with Gasteiger partial charge in [0.2, 0.25) is 5.71 Å². The molecule has 1 aliphatic rings. The van der Waals surface area contributed by atoms with E-state index in [4.69, 9.17) is 8.53 Å². The number of rotatable bonds is 1. The summed E-state index contributed by atoms with van der Waals surface area (Å²) in [5.41, 5.74) is 2.13. The highest BCUT2D eigenvalue weighted by molar-refractivity contribution is 6.04. The Kier molecular flexibility index (Phi) is 1.82. The van der Waals surface area contributed by atoms with Crippen LogP contribution in [0.15, 0.2) is 59.2 Å². The fourth-order valence-corrected chi connectivity index (χ4v) is 2.58. The van der Waals surface area contributed by atoms with Gasteiger partial charge in [0, 0.05) is 26.1 Å². The zero-order chi connectivity index (χ0) is 16.0. The van der Waals surface area contributed by atoms with E-state index in [1.165, 1.54) is 0 Å². The molecular formula is C17H14N2O. The van der Waals surface area contributed by atoms with Crippen LogP contribution >= 0.6 is 0 Å². The van der Waals surface area contributed by atoms with E-state index >= 15 is 0 Å². The third kappa shape index (κ3) is 1.63. The fourth-order valence-electron chi connectivity index (χ4n) is 2.58. The molecule has 0 fully saturated rings. The van der Waals surface area contributed by atoms with Crippen LogP contribution in [-0.2, 0) is 0 Å². The third-order valence-corrected chi connectivity index (χ3v) is 3.52. The molecule has 3 heteroatoms. The summed E-state index contributed by atoms with van der Waals surface area (Å²) in [6, 6.07) is 9.26. The fraction of sp³-hybridized carbons (Fsp3) is 0.118. The number of nitrogens with one attached hydrogen (secondary N) is 1. The molecule has 3 aromatic rings. The maximum atomic E-state index is 7.49. The lowest BCUT2D eigenvalue weighted by Gasteiger charge is -2.16. The van der Waals surface area contributed by atoms with E-state index in [9.17, 15) is 0 Å². The lowest BCUT2D eigenvalue weighted by Crippen LogP contribution is -2.14. The molecule has 0 spiro atoms. The van der Waals surface area contributed by atoms with Crippen molar-refractivity contribution in [2.75, 3.05) is 0 Å². The van der Waals surface area contributed by atoms with Crippen LogP contribution in [0.3, 0.4) is 0 Å². The van der Waals surface area contributed by atoms with E-state index in [0.717, 1.165) is 21.9 Å². The number of nitrogens with zero attached hydrogens (tertiary/aromatic N) is 1. The Hall–Kier alpha value is -2.55. The Morgan fingerprint density at radius 1 is 1.20 bits per heavy atom. The van der Waals surface area contributed by atoms with Gasteiger partial charge in [0.15, 0.2) is 0 Å². The van der Waals surface area contributed by atoms with Crippen LogP contribution in [-0.4, -0.2) is 4.98 Å². The summed E-state index contributed by atoms with van der Waals surface area (Å²) >= 11 is 0. The zero-order valence-electron chi connectivity index (χ0n) is 13.6. The largest absolute Gasteiger partial charge is 0.437 e. The molecule has 98 valence electrons. The number of aromatic nitrogens is 1. The molecule has 4 rings (SSSR count). The molecule has 1 aromatic carbocycles. The van der Waals surface area contributed by atoms with Crippen molar-refractivity contribution >= 4 is 22.1 Å². The van der Waals surface area contributed by atoms with Gasteiger partial charge < -0.3 is 9.73 Å². The summed E-state index contributed by atoms with van der Waals surface area (Å²) in [6.45, 7) is -2.24. The summed E-state index contributed by atoms with van der Waals surface area (Å²) < 4.78 is 28.4. The minimum atomic E-state index is -2.24. The van der Waals surface area contributed by atoms with Gasteiger partial charge in [0.05, 0.1) is 6.04 Å². The number of aryl methyl sites for hydroxylation is 1. The number of hydrogen-bond donors (Lipinski definition) is 1. The molecule has 20 heavy (non-hydrogen) atoms. The van der Waals surface area contributed by atoms with Gasteiger partial charge in [-0.15, -0.1) is 0 Å². The predicted molar refractivity (Wildman–Crippen MR) is 80.4 cm³/mol. The molecule has 0 saturated heterocycles. The summed E-state index contributed by atoms with van der Waals surface area (Å²) in [4.78, 5) is 4.19. The maximum absolute atomic E-state index is 7.49. The summed E-state index contributed by atoms with van der Waals surface area (Å²) in [5, 5.41) is 5.03. The van der Waals surface area contributed by atoms with Crippen LogP contribution in [0, 0.1) is 6.85 Å². The predicted octanol–water partition coefficient (Wildman–Crippen LogP) is 4.00. The molecule has 0 aliphatic carbocycles. The molecule has 1 N–H and O–H groups in total. The van der Waals surface area contributed by atoms with Gasteiger partial charge in [-0.3, -0.25) is 0 Å². The third-order valence-electron chi connectivity index (χ3n) is 3.52. The van der Waals surface area contributed by atoms with Crippen molar-refractivity contribution in [1.82, 2.24) is 10.3 Å².